The summed E-state index contributed by atoms with van der Waals surface area (Å²) in [6, 6.07) is 10.7. The number of rotatable bonds is 5. The zero-order chi connectivity index (χ0) is 22.1. The van der Waals surface area contributed by atoms with Crippen molar-refractivity contribution >= 4 is 6.03 Å². The second-order valence-electron chi connectivity index (χ2n) is 9.10. The van der Waals surface area contributed by atoms with Gasteiger partial charge in [0.25, 0.3) is 0 Å². The summed E-state index contributed by atoms with van der Waals surface area (Å²) < 4.78 is 12.9. The van der Waals surface area contributed by atoms with Gasteiger partial charge in [-0.2, -0.15) is 5.10 Å². The highest BCUT2D eigenvalue weighted by Crippen LogP contribution is 2.42. The maximum atomic E-state index is 12.5. The van der Waals surface area contributed by atoms with Crippen molar-refractivity contribution < 1.29 is 14.3 Å². The summed E-state index contributed by atoms with van der Waals surface area (Å²) in [4.78, 5) is 16.9. The second-order valence-corrected chi connectivity index (χ2v) is 9.10. The van der Waals surface area contributed by atoms with Crippen LogP contribution in [0.15, 0.2) is 30.3 Å². The van der Waals surface area contributed by atoms with E-state index in [-0.39, 0.29) is 6.03 Å². The fourth-order valence-electron chi connectivity index (χ4n) is 5.59. The monoisotopic (exact) mass is 439 g/mol. The first-order chi connectivity index (χ1) is 15.6. The second kappa shape index (κ2) is 9.11. The molecule has 4 saturated heterocycles. The van der Waals surface area contributed by atoms with E-state index in [1.165, 1.54) is 12.1 Å². The van der Waals surface area contributed by atoms with Gasteiger partial charge in [0, 0.05) is 56.4 Å². The van der Waals surface area contributed by atoms with E-state index in [1.807, 2.05) is 34.8 Å². The third kappa shape index (κ3) is 4.09. The first-order valence-electron chi connectivity index (χ1n) is 11.7. The van der Waals surface area contributed by atoms with Gasteiger partial charge in [-0.05, 0) is 43.5 Å². The van der Waals surface area contributed by atoms with Crippen molar-refractivity contribution in [2.24, 2.45) is 13.0 Å². The number of hydrogen-bond donors (Lipinski definition) is 1. The maximum absolute atomic E-state index is 12.5. The third-order valence-corrected chi connectivity index (χ3v) is 7.34. The molecule has 4 aliphatic heterocycles. The SMILES string of the molecule is COc1ccccc1-c1cc([C@@H]2CN3CC[C@H]2C[C@@H]3CNC(=O)N2CCOCC2)n(C)n1. The summed E-state index contributed by atoms with van der Waals surface area (Å²) in [6.07, 6.45) is 2.32. The molecule has 8 heteroatoms. The quantitative estimate of drug-likeness (QED) is 0.774. The lowest BCUT2D eigenvalue weighted by Gasteiger charge is -2.50. The highest BCUT2D eigenvalue weighted by atomic mass is 16.5. The number of aromatic nitrogens is 2. The smallest absolute Gasteiger partial charge is 0.317 e. The first-order valence-corrected chi connectivity index (χ1v) is 11.7. The van der Waals surface area contributed by atoms with Crippen LogP contribution in [0, 0.1) is 5.92 Å². The minimum atomic E-state index is 0.0422. The van der Waals surface area contributed by atoms with Gasteiger partial charge in [0.1, 0.15) is 5.75 Å². The Bertz CT molecular complexity index is 955. The van der Waals surface area contributed by atoms with Crippen LogP contribution < -0.4 is 10.1 Å². The Morgan fingerprint density at radius 1 is 1.25 bits per heavy atom. The Morgan fingerprint density at radius 3 is 2.81 bits per heavy atom. The third-order valence-electron chi connectivity index (χ3n) is 7.34. The predicted octanol–water partition coefficient (Wildman–Crippen LogP) is 2.32. The van der Waals surface area contributed by atoms with Crippen LogP contribution in [0.2, 0.25) is 0 Å². The van der Waals surface area contributed by atoms with E-state index in [0.717, 1.165) is 43.1 Å². The fourth-order valence-corrected chi connectivity index (χ4v) is 5.59. The van der Waals surface area contributed by atoms with Crippen molar-refractivity contribution in [1.82, 2.24) is 24.9 Å². The number of aryl methyl sites for hydroxylation is 1. The van der Waals surface area contributed by atoms with E-state index in [2.05, 4.69) is 22.3 Å². The number of benzene rings is 1. The molecule has 2 aromatic rings. The Labute approximate surface area is 189 Å². The number of morpholine rings is 1. The van der Waals surface area contributed by atoms with Crippen LogP contribution in [-0.4, -0.2) is 84.7 Å². The molecule has 6 rings (SSSR count). The van der Waals surface area contributed by atoms with Crippen molar-refractivity contribution in [2.45, 2.75) is 24.8 Å². The molecule has 2 amide bonds. The number of ether oxygens (including phenoxy) is 2. The molecule has 1 N–H and O–H groups in total. The van der Waals surface area contributed by atoms with Gasteiger partial charge in [0.15, 0.2) is 0 Å². The summed E-state index contributed by atoms with van der Waals surface area (Å²) in [5.41, 5.74) is 3.28. The van der Waals surface area contributed by atoms with Gasteiger partial charge in [0.2, 0.25) is 0 Å². The molecule has 0 aliphatic carbocycles. The zero-order valence-electron chi connectivity index (χ0n) is 19.0. The lowest BCUT2D eigenvalue weighted by Crippen LogP contribution is -2.57. The predicted molar refractivity (Wildman–Crippen MR) is 122 cm³/mol. The number of para-hydroxylation sites is 1. The summed E-state index contributed by atoms with van der Waals surface area (Å²) in [6.45, 7) is 5.48. The van der Waals surface area contributed by atoms with Crippen LogP contribution in [0.25, 0.3) is 11.3 Å². The van der Waals surface area contributed by atoms with Crippen LogP contribution >= 0.6 is 0 Å². The summed E-state index contributed by atoms with van der Waals surface area (Å²) >= 11 is 0. The number of carbonyl (C=O) groups excluding carboxylic acids is 1. The molecule has 0 spiro atoms. The van der Waals surface area contributed by atoms with Gasteiger partial charge in [-0.25, -0.2) is 4.79 Å². The van der Waals surface area contributed by atoms with E-state index >= 15 is 0 Å². The number of fused-ring (bicyclic) bond motifs is 3. The molecular formula is C24H33N5O3. The lowest BCUT2D eigenvalue weighted by molar-refractivity contribution is 0.0265. The van der Waals surface area contributed by atoms with Gasteiger partial charge in [-0.1, -0.05) is 12.1 Å². The average molecular weight is 440 g/mol. The summed E-state index contributed by atoms with van der Waals surface area (Å²) in [5.74, 6) is 1.93. The Kier molecular flexibility index (Phi) is 6.06. The number of amides is 2. The summed E-state index contributed by atoms with van der Waals surface area (Å²) in [7, 11) is 3.75. The average Bonchev–Trinajstić information content (AvgIpc) is 3.24. The van der Waals surface area contributed by atoms with E-state index in [0.29, 0.717) is 44.2 Å². The minimum absolute atomic E-state index is 0.0422. The van der Waals surface area contributed by atoms with Crippen LogP contribution in [0.3, 0.4) is 0 Å². The minimum Gasteiger partial charge on any atom is -0.496 e. The van der Waals surface area contributed by atoms with Crippen LogP contribution in [0.1, 0.15) is 24.5 Å². The maximum Gasteiger partial charge on any atom is 0.317 e. The Hall–Kier alpha value is -2.58. The van der Waals surface area contributed by atoms with Crippen LogP contribution in [-0.2, 0) is 11.8 Å². The van der Waals surface area contributed by atoms with E-state index in [1.54, 1.807) is 7.11 Å². The molecule has 0 radical (unpaired) electrons. The first kappa shape index (κ1) is 21.3. The van der Waals surface area contributed by atoms with Gasteiger partial charge in [-0.15, -0.1) is 0 Å². The molecule has 4 fully saturated rings. The molecule has 1 unspecified atom stereocenters. The fraction of sp³-hybridized carbons (Fsp3) is 0.583. The Balaban J connectivity index is 1.25. The van der Waals surface area contributed by atoms with Gasteiger partial charge in [-0.3, -0.25) is 9.58 Å². The number of hydrogen-bond acceptors (Lipinski definition) is 5. The molecule has 0 saturated carbocycles. The normalized spacial score (nSPS) is 27.4. The van der Waals surface area contributed by atoms with E-state index in [4.69, 9.17) is 14.6 Å². The molecule has 172 valence electrons. The van der Waals surface area contributed by atoms with Gasteiger partial charge >= 0.3 is 6.03 Å². The molecule has 8 nitrogen and oxygen atoms in total. The molecule has 4 atom stereocenters. The molecule has 1 aromatic heterocycles. The van der Waals surface area contributed by atoms with Crippen LogP contribution in [0.5, 0.6) is 5.75 Å². The standard InChI is InChI=1S/C24H33N5O3/c1-27-22(14-21(26-27)19-5-3-4-6-23(19)31-2)20-16-29-8-7-17(20)13-18(29)15-25-24(30)28-9-11-32-12-10-28/h3-6,14,17-18,20H,7-13,15-16H2,1-2H3,(H,25,30)/t17-,18+,20+/m0/s1. The molecule has 5 heterocycles. The molecule has 2 bridgehead atoms. The topological polar surface area (TPSA) is 71.9 Å². The largest absolute Gasteiger partial charge is 0.496 e. The molecule has 32 heavy (non-hydrogen) atoms. The number of piperidine rings is 3. The van der Waals surface area contributed by atoms with Crippen molar-refractivity contribution in [1.29, 1.82) is 0 Å². The van der Waals surface area contributed by atoms with Crippen molar-refractivity contribution in [3.05, 3.63) is 36.0 Å². The van der Waals surface area contributed by atoms with E-state index < -0.39 is 0 Å². The van der Waals surface area contributed by atoms with Crippen molar-refractivity contribution in [3.63, 3.8) is 0 Å². The number of methoxy groups -OCH3 is 1. The molecular weight excluding hydrogens is 406 g/mol. The van der Waals surface area contributed by atoms with Crippen molar-refractivity contribution in [2.75, 3.05) is 53.0 Å². The Morgan fingerprint density at radius 2 is 2.06 bits per heavy atom. The summed E-state index contributed by atoms with van der Waals surface area (Å²) in [5, 5.41) is 7.99. The lowest BCUT2D eigenvalue weighted by atomic mass is 9.74. The zero-order valence-corrected chi connectivity index (χ0v) is 19.0. The number of nitrogens with one attached hydrogen (secondary N) is 1. The highest BCUT2D eigenvalue weighted by Gasteiger charge is 2.42. The number of carbonyl (C=O) groups is 1. The van der Waals surface area contributed by atoms with E-state index in [9.17, 15) is 4.79 Å². The number of nitrogens with zero attached hydrogens (tertiary/aromatic N) is 4. The highest BCUT2D eigenvalue weighted by molar-refractivity contribution is 5.74. The molecule has 4 aliphatic rings. The van der Waals surface area contributed by atoms with Crippen LogP contribution in [0.4, 0.5) is 4.79 Å². The van der Waals surface area contributed by atoms with Crippen molar-refractivity contribution in [3.8, 4) is 17.0 Å². The molecule has 1 aromatic carbocycles. The van der Waals surface area contributed by atoms with Gasteiger partial charge in [0.05, 0.1) is 26.0 Å². The van der Waals surface area contributed by atoms with Gasteiger partial charge < -0.3 is 19.7 Å². The number of urea groups is 1.